The van der Waals surface area contributed by atoms with Crippen molar-refractivity contribution in [1.29, 1.82) is 0 Å². The minimum Gasteiger partial charge on any atom is -0.500 e. The number of nitrogens with zero attached hydrogens (tertiary/aromatic N) is 3. The van der Waals surface area contributed by atoms with Crippen LogP contribution in [-0.2, 0) is 4.79 Å². The Labute approximate surface area is 98.6 Å². The monoisotopic (exact) mass is 254 g/mol. The number of nitro groups is 1. The number of nitrogens with one attached hydrogen (secondary N) is 1. The van der Waals surface area contributed by atoms with Crippen molar-refractivity contribution in [2.45, 2.75) is 0 Å². The normalized spacial score (nSPS) is 15.4. The largest absolute Gasteiger partial charge is 0.500 e. The fraction of sp³-hybridized carbons (Fsp3) is 0.125. The van der Waals surface area contributed by atoms with Crippen molar-refractivity contribution in [2.75, 3.05) is 6.54 Å². The number of hydrazone groups is 1. The summed E-state index contributed by atoms with van der Waals surface area (Å²) in [7, 11) is 0. The molecule has 0 bridgehead atoms. The first-order valence-corrected chi connectivity index (χ1v) is 4.60. The first-order chi connectivity index (χ1) is 8.47. The van der Waals surface area contributed by atoms with Gasteiger partial charge in [-0.25, -0.2) is 9.80 Å². The van der Waals surface area contributed by atoms with E-state index >= 15 is 0 Å². The molecule has 1 aromatic rings. The van der Waals surface area contributed by atoms with Gasteiger partial charge in [-0.15, -0.1) is 0 Å². The highest BCUT2D eigenvalue weighted by Gasteiger charge is 2.26. The summed E-state index contributed by atoms with van der Waals surface area (Å²) in [4.78, 5) is 31.4. The molecule has 1 aliphatic rings. The number of carbonyl (C=O) groups excluding carboxylic acids is 2. The van der Waals surface area contributed by atoms with Gasteiger partial charge >= 0.3 is 11.9 Å². The maximum Gasteiger partial charge on any atom is 0.476 e. The number of urea groups is 1. The zero-order valence-corrected chi connectivity index (χ0v) is 8.69. The van der Waals surface area contributed by atoms with Crippen molar-refractivity contribution >= 4 is 24.0 Å². The lowest BCUT2D eigenvalue weighted by Gasteiger charge is -2.02. The van der Waals surface area contributed by atoms with E-state index in [1.165, 1.54) is 0 Å². The molecule has 0 unspecified atom stereocenters. The van der Waals surface area contributed by atoms with E-state index in [1.807, 2.05) is 5.32 Å². The second-order valence-electron chi connectivity index (χ2n) is 3.25. The van der Waals surface area contributed by atoms with E-state index in [9.17, 15) is 19.7 Å². The number of amides is 3. The molecule has 0 radical (unpaired) electrons. The minimum atomic E-state index is -0.904. The fourth-order valence-electron chi connectivity index (χ4n) is 1.24. The molecule has 10 nitrogen and oxygen atoms in total. The number of hydrogen-bond donors (Lipinski definition) is 2. The maximum absolute atomic E-state index is 11.1. The standard InChI is InChI=1S/C8H6N4O6/c13-5-1-4(18-7(5)12(16)17)2-9-11-3-6(14)10-8(11)15/h1-2,13H,3H2,(H,10,14,15). The second kappa shape index (κ2) is 4.16. The third kappa shape index (κ3) is 2.11. The van der Waals surface area contributed by atoms with Crippen molar-refractivity contribution in [3.05, 3.63) is 21.9 Å². The summed E-state index contributed by atoms with van der Waals surface area (Å²) in [6.45, 7) is -0.246. The number of aromatic hydroxyl groups is 1. The Morgan fingerprint density at radius 2 is 2.33 bits per heavy atom. The Kier molecular flexibility index (Phi) is 2.67. The van der Waals surface area contributed by atoms with Crippen LogP contribution in [0.4, 0.5) is 10.7 Å². The van der Waals surface area contributed by atoms with E-state index in [0.717, 1.165) is 17.3 Å². The summed E-state index contributed by atoms with van der Waals surface area (Å²) < 4.78 is 4.66. The lowest BCUT2D eigenvalue weighted by Crippen LogP contribution is -2.24. The summed E-state index contributed by atoms with van der Waals surface area (Å²) in [5.74, 6) is -2.10. The molecule has 0 aliphatic carbocycles. The minimum absolute atomic E-state index is 0.119. The molecule has 0 aromatic carbocycles. The lowest BCUT2D eigenvalue weighted by molar-refractivity contribution is -0.403. The second-order valence-corrected chi connectivity index (χ2v) is 3.25. The van der Waals surface area contributed by atoms with Gasteiger partial charge in [0.25, 0.3) is 0 Å². The van der Waals surface area contributed by atoms with Gasteiger partial charge in [0.2, 0.25) is 11.7 Å². The van der Waals surface area contributed by atoms with E-state index in [2.05, 4.69) is 9.52 Å². The molecular formula is C8H6N4O6. The van der Waals surface area contributed by atoms with Gasteiger partial charge in [0.15, 0.2) is 5.76 Å². The molecule has 2 N–H and O–H groups in total. The Bertz CT molecular complexity index is 562. The van der Waals surface area contributed by atoms with E-state index in [0.29, 0.717) is 0 Å². The SMILES string of the molecule is O=C1CN(N=Cc2cc(O)c([N+](=O)[O-])o2)C(=O)N1. The van der Waals surface area contributed by atoms with E-state index < -0.39 is 28.5 Å². The average molecular weight is 254 g/mol. The highest BCUT2D eigenvalue weighted by atomic mass is 16.7. The van der Waals surface area contributed by atoms with Gasteiger partial charge in [-0.2, -0.15) is 5.10 Å². The smallest absolute Gasteiger partial charge is 0.476 e. The summed E-state index contributed by atoms with van der Waals surface area (Å²) in [5.41, 5.74) is 0. The average Bonchev–Trinajstić information content (AvgIpc) is 2.79. The molecule has 1 fully saturated rings. The molecule has 2 rings (SSSR count). The molecular weight excluding hydrogens is 248 g/mol. The Morgan fingerprint density at radius 3 is 2.83 bits per heavy atom. The number of imide groups is 1. The van der Waals surface area contributed by atoms with Crippen LogP contribution in [0.5, 0.6) is 5.75 Å². The number of furan rings is 1. The molecule has 1 aliphatic heterocycles. The topological polar surface area (TPSA) is 138 Å². The van der Waals surface area contributed by atoms with Crippen LogP contribution in [0.15, 0.2) is 15.6 Å². The molecule has 1 saturated heterocycles. The first-order valence-electron chi connectivity index (χ1n) is 4.60. The van der Waals surface area contributed by atoms with Crippen LogP contribution in [0, 0.1) is 10.1 Å². The predicted octanol–water partition coefficient (Wildman–Crippen LogP) is -0.221. The summed E-state index contributed by atoms with van der Waals surface area (Å²) in [6.07, 6.45) is 0.977. The zero-order valence-electron chi connectivity index (χ0n) is 8.69. The number of hydrogen-bond acceptors (Lipinski definition) is 7. The van der Waals surface area contributed by atoms with Crippen molar-refractivity contribution < 1.29 is 24.0 Å². The quantitative estimate of drug-likeness (QED) is 0.331. The highest BCUT2D eigenvalue weighted by molar-refractivity contribution is 6.02. The van der Waals surface area contributed by atoms with Gasteiger partial charge in [-0.1, -0.05) is 0 Å². The van der Waals surface area contributed by atoms with Crippen molar-refractivity contribution in [3.8, 4) is 5.75 Å². The third-order valence-electron chi connectivity index (χ3n) is 1.98. The van der Waals surface area contributed by atoms with Gasteiger partial charge < -0.3 is 9.52 Å². The Balaban J connectivity index is 2.14. The lowest BCUT2D eigenvalue weighted by atomic mass is 10.4. The van der Waals surface area contributed by atoms with Crippen LogP contribution < -0.4 is 5.32 Å². The summed E-state index contributed by atoms with van der Waals surface area (Å²) in [5, 5.41) is 25.9. The molecule has 0 saturated carbocycles. The highest BCUT2D eigenvalue weighted by Crippen LogP contribution is 2.28. The van der Waals surface area contributed by atoms with Gasteiger partial charge in [0.1, 0.15) is 11.5 Å². The van der Waals surface area contributed by atoms with Crippen LogP contribution in [0.25, 0.3) is 0 Å². The van der Waals surface area contributed by atoms with Crippen molar-refractivity contribution in [3.63, 3.8) is 0 Å². The van der Waals surface area contributed by atoms with Crippen LogP contribution in [0.2, 0.25) is 0 Å². The van der Waals surface area contributed by atoms with Crippen molar-refractivity contribution in [2.24, 2.45) is 5.10 Å². The summed E-state index contributed by atoms with van der Waals surface area (Å²) in [6, 6.07) is 0.263. The maximum atomic E-state index is 11.1. The summed E-state index contributed by atoms with van der Waals surface area (Å²) >= 11 is 0. The first kappa shape index (κ1) is 11.6. The van der Waals surface area contributed by atoms with Crippen LogP contribution >= 0.6 is 0 Å². The Morgan fingerprint density at radius 1 is 1.61 bits per heavy atom. The zero-order chi connectivity index (χ0) is 13.3. The molecule has 0 atom stereocenters. The van der Waals surface area contributed by atoms with Crippen LogP contribution in [0.1, 0.15) is 5.76 Å². The predicted molar refractivity (Wildman–Crippen MR) is 54.9 cm³/mol. The van der Waals surface area contributed by atoms with E-state index in [4.69, 9.17) is 5.11 Å². The van der Waals surface area contributed by atoms with Crippen LogP contribution in [-0.4, -0.2) is 39.7 Å². The molecule has 2 heterocycles. The molecule has 1 aromatic heterocycles. The Hall–Kier alpha value is -2.91. The molecule has 0 spiro atoms. The van der Waals surface area contributed by atoms with Gasteiger partial charge in [0, 0.05) is 6.07 Å². The van der Waals surface area contributed by atoms with E-state index in [1.54, 1.807) is 0 Å². The molecule has 3 amide bonds. The number of rotatable bonds is 3. The van der Waals surface area contributed by atoms with E-state index in [-0.39, 0.29) is 12.3 Å². The number of carbonyl (C=O) groups is 2. The van der Waals surface area contributed by atoms with Gasteiger partial charge in [-0.05, 0) is 0 Å². The van der Waals surface area contributed by atoms with Gasteiger partial charge in [-0.3, -0.25) is 20.2 Å². The van der Waals surface area contributed by atoms with Crippen molar-refractivity contribution in [1.82, 2.24) is 10.3 Å². The van der Waals surface area contributed by atoms with Crippen LogP contribution in [0.3, 0.4) is 0 Å². The molecule has 18 heavy (non-hydrogen) atoms. The van der Waals surface area contributed by atoms with Gasteiger partial charge in [0.05, 0.1) is 6.21 Å². The molecule has 94 valence electrons. The third-order valence-corrected chi connectivity index (χ3v) is 1.98. The fourth-order valence-corrected chi connectivity index (χ4v) is 1.24. The molecule has 10 heteroatoms.